The maximum Gasteiger partial charge on any atom is 0.165 e. The third kappa shape index (κ3) is 5.00. The summed E-state index contributed by atoms with van der Waals surface area (Å²) in [6, 6.07) is 12.1. The summed E-state index contributed by atoms with van der Waals surface area (Å²) >= 11 is 6.31. The molecule has 4 aromatic rings. The Kier molecular flexibility index (Phi) is 6.58. The van der Waals surface area contributed by atoms with Gasteiger partial charge in [0.05, 0.1) is 16.1 Å². The standard InChI is InChI=1S/C24H23ClFN5O/c1-14(2)12-32-13-21-30-23(28-16-6-8-19(26)15(3)11-16)17-7-9-20(29-24(17)31-21)22-18(25)5-4-10-27-22/h4-11,14H,12-13H2,1-3H3,(H,28,29,30,31). The Bertz CT molecular complexity index is 1260. The number of rotatable bonds is 7. The number of pyridine rings is 2. The molecule has 0 aliphatic heterocycles. The molecule has 0 aliphatic rings. The van der Waals surface area contributed by atoms with E-state index in [2.05, 4.69) is 34.1 Å². The zero-order valence-electron chi connectivity index (χ0n) is 18.1. The molecule has 0 fully saturated rings. The molecule has 0 atom stereocenters. The van der Waals surface area contributed by atoms with Crippen LogP contribution in [-0.2, 0) is 11.3 Å². The number of ether oxygens (including phenoxy) is 1. The molecule has 0 saturated carbocycles. The smallest absolute Gasteiger partial charge is 0.165 e. The number of anilines is 2. The van der Waals surface area contributed by atoms with Gasteiger partial charge in [-0.25, -0.2) is 19.3 Å². The topological polar surface area (TPSA) is 72.8 Å². The highest BCUT2D eigenvalue weighted by atomic mass is 35.5. The van der Waals surface area contributed by atoms with Gasteiger partial charge in [0.1, 0.15) is 23.9 Å². The number of aryl methyl sites for hydroxylation is 1. The zero-order valence-corrected chi connectivity index (χ0v) is 18.8. The first-order valence-electron chi connectivity index (χ1n) is 10.3. The Morgan fingerprint density at radius 1 is 1.09 bits per heavy atom. The van der Waals surface area contributed by atoms with Crippen LogP contribution < -0.4 is 5.32 Å². The minimum absolute atomic E-state index is 0.251. The van der Waals surface area contributed by atoms with Gasteiger partial charge in [-0.3, -0.25) is 4.98 Å². The van der Waals surface area contributed by atoms with Gasteiger partial charge in [0.25, 0.3) is 0 Å². The van der Waals surface area contributed by atoms with E-state index in [4.69, 9.17) is 21.3 Å². The molecule has 0 aliphatic carbocycles. The van der Waals surface area contributed by atoms with Crippen LogP contribution in [0.1, 0.15) is 25.2 Å². The molecule has 0 radical (unpaired) electrons. The molecule has 4 rings (SSSR count). The molecule has 32 heavy (non-hydrogen) atoms. The van der Waals surface area contributed by atoms with Gasteiger partial charge >= 0.3 is 0 Å². The van der Waals surface area contributed by atoms with Crippen molar-refractivity contribution in [1.29, 1.82) is 0 Å². The summed E-state index contributed by atoms with van der Waals surface area (Å²) in [4.78, 5) is 18.3. The average Bonchev–Trinajstić information content (AvgIpc) is 2.76. The minimum Gasteiger partial charge on any atom is -0.373 e. The molecule has 6 nitrogen and oxygen atoms in total. The molecule has 0 bridgehead atoms. The van der Waals surface area contributed by atoms with Crippen LogP contribution in [0.5, 0.6) is 0 Å². The van der Waals surface area contributed by atoms with Crippen LogP contribution >= 0.6 is 11.6 Å². The number of benzene rings is 1. The molecule has 1 aromatic carbocycles. The van der Waals surface area contributed by atoms with E-state index in [1.54, 1.807) is 37.4 Å². The molecule has 3 heterocycles. The number of aromatic nitrogens is 4. The zero-order chi connectivity index (χ0) is 22.7. The van der Waals surface area contributed by atoms with E-state index in [0.29, 0.717) is 51.8 Å². The molecule has 0 spiro atoms. The van der Waals surface area contributed by atoms with Crippen LogP contribution in [-0.4, -0.2) is 26.5 Å². The summed E-state index contributed by atoms with van der Waals surface area (Å²) in [5.41, 5.74) is 2.94. The van der Waals surface area contributed by atoms with Crippen molar-refractivity contribution in [2.45, 2.75) is 27.4 Å². The predicted molar refractivity (Wildman–Crippen MR) is 124 cm³/mol. The van der Waals surface area contributed by atoms with Crippen LogP contribution in [0.4, 0.5) is 15.9 Å². The second-order valence-corrected chi connectivity index (χ2v) is 8.30. The molecular weight excluding hydrogens is 429 g/mol. The van der Waals surface area contributed by atoms with E-state index in [1.807, 2.05) is 12.1 Å². The molecule has 3 aromatic heterocycles. The summed E-state index contributed by atoms with van der Waals surface area (Å²) in [6.07, 6.45) is 1.67. The lowest BCUT2D eigenvalue weighted by atomic mass is 10.2. The van der Waals surface area contributed by atoms with Gasteiger partial charge in [-0.2, -0.15) is 0 Å². The van der Waals surface area contributed by atoms with Crippen molar-refractivity contribution in [3.8, 4) is 11.4 Å². The van der Waals surface area contributed by atoms with Crippen LogP contribution in [0.2, 0.25) is 5.02 Å². The first kappa shape index (κ1) is 22.0. The van der Waals surface area contributed by atoms with Gasteiger partial charge in [0.15, 0.2) is 11.5 Å². The van der Waals surface area contributed by atoms with E-state index in [9.17, 15) is 4.39 Å². The highest BCUT2D eigenvalue weighted by Gasteiger charge is 2.14. The third-order valence-electron chi connectivity index (χ3n) is 4.71. The fraction of sp³-hybridized carbons (Fsp3) is 0.250. The minimum atomic E-state index is -0.260. The number of hydrogen-bond donors (Lipinski definition) is 1. The normalized spacial score (nSPS) is 11.3. The Hall–Kier alpha value is -3.16. The van der Waals surface area contributed by atoms with Crippen molar-refractivity contribution in [2.75, 3.05) is 11.9 Å². The molecule has 0 saturated heterocycles. The van der Waals surface area contributed by atoms with Crippen LogP contribution in [0.25, 0.3) is 22.4 Å². The van der Waals surface area contributed by atoms with Gasteiger partial charge < -0.3 is 10.1 Å². The van der Waals surface area contributed by atoms with E-state index >= 15 is 0 Å². The Morgan fingerprint density at radius 3 is 2.69 bits per heavy atom. The third-order valence-corrected chi connectivity index (χ3v) is 5.02. The maximum atomic E-state index is 13.7. The number of fused-ring (bicyclic) bond motifs is 1. The highest BCUT2D eigenvalue weighted by molar-refractivity contribution is 6.32. The quantitative estimate of drug-likeness (QED) is 0.365. The second kappa shape index (κ2) is 9.54. The molecule has 0 unspecified atom stereocenters. The van der Waals surface area contributed by atoms with Gasteiger partial charge in [-0.05, 0) is 60.9 Å². The molecule has 164 valence electrons. The van der Waals surface area contributed by atoms with Crippen LogP contribution in [0, 0.1) is 18.7 Å². The number of nitrogens with zero attached hydrogens (tertiary/aromatic N) is 4. The average molecular weight is 452 g/mol. The van der Waals surface area contributed by atoms with Crippen molar-refractivity contribution in [3.05, 3.63) is 70.9 Å². The van der Waals surface area contributed by atoms with Gasteiger partial charge in [0.2, 0.25) is 0 Å². The van der Waals surface area contributed by atoms with Crippen LogP contribution in [0.3, 0.4) is 0 Å². The van der Waals surface area contributed by atoms with Crippen molar-refractivity contribution in [3.63, 3.8) is 0 Å². The Labute approximate surface area is 190 Å². The number of hydrogen-bond acceptors (Lipinski definition) is 6. The van der Waals surface area contributed by atoms with E-state index in [-0.39, 0.29) is 12.4 Å². The lowest BCUT2D eigenvalue weighted by Crippen LogP contribution is -2.07. The Morgan fingerprint density at radius 2 is 1.94 bits per heavy atom. The number of nitrogens with one attached hydrogen (secondary N) is 1. The van der Waals surface area contributed by atoms with E-state index < -0.39 is 0 Å². The van der Waals surface area contributed by atoms with Gasteiger partial charge in [-0.1, -0.05) is 25.4 Å². The van der Waals surface area contributed by atoms with Crippen molar-refractivity contribution in [1.82, 2.24) is 19.9 Å². The largest absolute Gasteiger partial charge is 0.373 e. The molecule has 0 amide bonds. The van der Waals surface area contributed by atoms with E-state index in [0.717, 1.165) is 11.1 Å². The lowest BCUT2D eigenvalue weighted by molar-refractivity contribution is 0.0925. The lowest BCUT2D eigenvalue weighted by Gasteiger charge is -2.13. The first-order valence-corrected chi connectivity index (χ1v) is 10.7. The fourth-order valence-corrected chi connectivity index (χ4v) is 3.38. The predicted octanol–water partition coefficient (Wildman–Crippen LogP) is 6.10. The maximum absolute atomic E-state index is 13.7. The van der Waals surface area contributed by atoms with Crippen molar-refractivity contribution < 1.29 is 9.13 Å². The second-order valence-electron chi connectivity index (χ2n) is 7.89. The summed E-state index contributed by atoms with van der Waals surface area (Å²) in [5, 5.41) is 4.50. The number of halogens is 2. The summed E-state index contributed by atoms with van der Waals surface area (Å²) in [5.74, 6) is 1.20. The molecule has 1 N–H and O–H groups in total. The molecule has 8 heteroatoms. The van der Waals surface area contributed by atoms with Crippen molar-refractivity contribution >= 4 is 34.1 Å². The fourth-order valence-electron chi connectivity index (χ4n) is 3.17. The summed E-state index contributed by atoms with van der Waals surface area (Å²) < 4.78 is 19.4. The molecular formula is C24H23ClFN5O. The van der Waals surface area contributed by atoms with Crippen LogP contribution in [0.15, 0.2) is 48.7 Å². The summed E-state index contributed by atoms with van der Waals surface area (Å²) in [6.45, 7) is 6.72. The monoisotopic (exact) mass is 451 g/mol. The van der Waals surface area contributed by atoms with Gasteiger partial charge in [0, 0.05) is 18.5 Å². The highest BCUT2D eigenvalue weighted by Crippen LogP contribution is 2.29. The Balaban J connectivity index is 1.77. The van der Waals surface area contributed by atoms with E-state index in [1.165, 1.54) is 6.07 Å². The summed E-state index contributed by atoms with van der Waals surface area (Å²) in [7, 11) is 0. The van der Waals surface area contributed by atoms with Crippen molar-refractivity contribution in [2.24, 2.45) is 5.92 Å². The van der Waals surface area contributed by atoms with Gasteiger partial charge in [-0.15, -0.1) is 0 Å². The SMILES string of the molecule is Cc1cc(Nc2nc(COCC(C)C)nc3nc(-c4ncccc4Cl)ccc23)ccc1F. The first-order chi connectivity index (χ1) is 15.4.